The molecule has 8 nitrogen and oxygen atoms in total. The van der Waals surface area contributed by atoms with Gasteiger partial charge in [-0.25, -0.2) is 8.42 Å². The third-order valence-corrected chi connectivity index (χ3v) is 14.4. The quantitative estimate of drug-likeness (QED) is 0.396. The number of benzene rings is 2. The standard InChI is InChI=1S/C30H45N3O5SSi/c1-22(2)28(29(35)31-26-12-10-9-11-24(26)21-38-40(7,8)30(4,5)6)33-20-19-32(18-17-27(33)34)39(36,37)25-15-13-23(3)14-16-25/h9-16,22,28H,17-21H2,1-8H3,(H,31,35). The van der Waals surface area contributed by atoms with Crippen LogP contribution in [0.3, 0.4) is 0 Å². The molecule has 2 aromatic carbocycles. The number of nitrogens with one attached hydrogen (secondary N) is 1. The fraction of sp³-hybridized carbons (Fsp3) is 0.533. The Bertz CT molecular complexity index is 1300. The Balaban J connectivity index is 1.78. The van der Waals surface area contributed by atoms with Gasteiger partial charge in [0.2, 0.25) is 21.8 Å². The Morgan fingerprint density at radius 3 is 2.25 bits per heavy atom. The van der Waals surface area contributed by atoms with Gasteiger partial charge in [0.05, 0.1) is 11.5 Å². The number of amides is 2. The van der Waals surface area contributed by atoms with Crippen LogP contribution >= 0.6 is 0 Å². The van der Waals surface area contributed by atoms with Gasteiger partial charge in [-0.2, -0.15) is 4.31 Å². The summed E-state index contributed by atoms with van der Waals surface area (Å²) in [6.07, 6.45) is 0.0124. The Labute approximate surface area is 241 Å². The Kier molecular flexibility index (Phi) is 10.0. The van der Waals surface area contributed by atoms with Crippen LogP contribution in [0.1, 0.15) is 52.2 Å². The van der Waals surface area contributed by atoms with Gasteiger partial charge in [-0.1, -0.05) is 70.5 Å². The molecule has 220 valence electrons. The first-order valence-corrected chi connectivity index (χ1v) is 18.3. The van der Waals surface area contributed by atoms with Crippen LogP contribution in [0, 0.1) is 12.8 Å². The van der Waals surface area contributed by atoms with E-state index < -0.39 is 24.4 Å². The number of aryl methyl sites for hydroxylation is 1. The van der Waals surface area contributed by atoms with Crippen molar-refractivity contribution in [3.05, 3.63) is 59.7 Å². The van der Waals surface area contributed by atoms with Gasteiger partial charge in [0.15, 0.2) is 8.32 Å². The van der Waals surface area contributed by atoms with Crippen molar-refractivity contribution in [1.82, 2.24) is 9.21 Å². The molecule has 1 saturated heterocycles. The van der Waals surface area contributed by atoms with Gasteiger partial charge in [0.1, 0.15) is 6.04 Å². The summed E-state index contributed by atoms with van der Waals surface area (Å²) >= 11 is 0. The van der Waals surface area contributed by atoms with Gasteiger partial charge in [0, 0.05) is 31.7 Å². The second-order valence-electron chi connectivity index (χ2n) is 12.4. The lowest BCUT2D eigenvalue weighted by Gasteiger charge is -2.36. The highest BCUT2D eigenvalue weighted by atomic mass is 32.2. The molecule has 0 saturated carbocycles. The monoisotopic (exact) mass is 587 g/mol. The molecule has 1 aliphatic heterocycles. The van der Waals surface area contributed by atoms with Gasteiger partial charge in [-0.3, -0.25) is 9.59 Å². The van der Waals surface area contributed by atoms with E-state index in [1.54, 1.807) is 29.2 Å². The van der Waals surface area contributed by atoms with E-state index in [2.05, 4.69) is 39.2 Å². The molecule has 3 rings (SSSR count). The predicted molar refractivity (Wildman–Crippen MR) is 162 cm³/mol. The SMILES string of the molecule is Cc1ccc(S(=O)(=O)N2CCC(=O)N(C(C(=O)Nc3ccccc3CO[Si](C)(C)C(C)(C)C)C(C)C)CC2)cc1. The molecule has 40 heavy (non-hydrogen) atoms. The zero-order valence-electron chi connectivity index (χ0n) is 25.2. The minimum Gasteiger partial charge on any atom is -0.412 e. The van der Waals surface area contributed by atoms with Crippen LogP contribution < -0.4 is 5.32 Å². The number of sulfonamides is 1. The predicted octanol–water partition coefficient (Wildman–Crippen LogP) is 5.40. The summed E-state index contributed by atoms with van der Waals surface area (Å²) in [5.74, 6) is -0.706. The van der Waals surface area contributed by atoms with Crippen LogP contribution in [0.5, 0.6) is 0 Å². The van der Waals surface area contributed by atoms with E-state index in [1.165, 1.54) is 4.31 Å². The molecule has 0 bridgehead atoms. The van der Waals surface area contributed by atoms with Crippen molar-refractivity contribution in [2.24, 2.45) is 5.92 Å². The molecule has 0 spiro atoms. The molecule has 1 atom stereocenters. The molecule has 1 unspecified atom stereocenters. The van der Waals surface area contributed by atoms with Crippen LogP contribution in [-0.4, -0.2) is 63.4 Å². The molecule has 2 amide bonds. The van der Waals surface area contributed by atoms with E-state index in [1.807, 2.05) is 45.0 Å². The van der Waals surface area contributed by atoms with Crippen molar-refractivity contribution in [2.45, 2.75) is 83.6 Å². The molecule has 0 aliphatic carbocycles. The summed E-state index contributed by atoms with van der Waals surface area (Å²) in [7, 11) is -5.76. The number of carbonyl (C=O) groups is 2. The zero-order chi connectivity index (χ0) is 29.9. The molecule has 1 aliphatic rings. The number of hydrogen-bond acceptors (Lipinski definition) is 5. The first kappa shape index (κ1) is 32.0. The Morgan fingerprint density at radius 1 is 1.02 bits per heavy atom. The summed E-state index contributed by atoms with van der Waals surface area (Å²) in [6, 6.07) is 13.5. The third-order valence-electron chi connectivity index (χ3n) is 8.05. The number of rotatable bonds is 9. The average molecular weight is 588 g/mol. The molecule has 0 aromatic heterocycles. The van der Waals surface area contributed by atoms with Crippen molar-refractivity contribution in [1.29, 1.82) is 0 Å². The lowest BCUT2D eigenvalue weighted by Crippen LogP contribution is -2.51. The van der Waals surface area contributed by atoms with Crippen LogP contribution in [0.15, 0.2) is 53.4 Å². The summed E-state index contributed by atoms with van der Waals surface area (Å²) in [5.41, 5.74) is 2.50. The second kappa shape index (κ2) is 12.5. The maximum atomic E-state index is 13.7. The Morgan fingerprint density at radius 2 is 1.65 bits per heavy atom. The Hall–Kier alpha value is -2.53. The number of hydrogen-bond donors (Lipinski definition) is 1. The molecule has 0 radical (unpaired) electrons. The molecule has 1 N–H and O–H groups in total. The number of anilines is 1. The van der Waals surface area contributed by atoms with Gasteiger partial charge in [0.25, 0.3) is 0 Å². The smallest absolute Gasteiger partial charge is 0.247 e. The van der Waals surface area contributed by atoms with E-state index >= 15 is 0 Å². The molecule has 1 fully saturated rings. The fourth-order valence-electron chi connectivity index (χ4n) is 4.47. The average Bonchev–Trinajstić information content (AvgIpc) is 3.05. The molecule has 1 heterocycles. The molecule has 10 heteroatoms. The van der Waals surface area contributed by atoms with Gasteiger partial charge in [-0.05, 0) is 54.7 Å². The van der Waals surface area contributed by atoms with E-state index in [9.17, 15) is 18.0 Å². The van der Waals surface area contributed by atoms with Gasteiger partial charge < -0.3 is 14.6 Å². The zero-order valence-corrected chi connectivity index (χ0v) is 27.0. The largest absolute Gasteiger partial charge is 0.412 e. The molecular weight excluding hydrogens is 542 g/mol. The highest BCUT2D eigenvalue weighted by molar-refractivity contribution is 7.89. The van der Waals surface area contributed by atoms with Crippen molar-refractivity contribution in [3.63, 3.8) is 0 Å². The van der Waals surface area contributed by atoms with E-state index in [0.717, 1.165) is 11.1 Å². The summed E-state index contributed by atoms with van der Waals surface area (Å²) < 4.78 is 34.3. The van der Waals surface area contributed by atoms with Crippen LogP contribution in [0.4, 0.5) is 5.69 Å². The van der Waals surface area contributed by atoms with Gasteiger partial charge in [-0.15, -0.1) is 0 Å². The highest BCUT2D eigenvalue weighted by Gasteiger charge is 2.38. The maximum absolute atomic E-state index is 13.7. The number of para-hydroxylation sites is 1. The number of carbonyl (C=O) groups excluding carboxylic acids is 2. The minimum absolute atomic E-state index is 0.0124. The lowest BCUT2D eigenvalue weighted by molar-refractivity contribution is -0.139. The first-order valence-electron chi connectivity index (χ1n) is 13.9. The van der Waals surface area contributed by atoms with Crippen LogP contribution in [0.25, 0.3) is 0 Å². The number of nitrogens with zero attached hydrogens (tertiary/aromatic N) is 2. The van der Waals surface area contributed by atoms with E-state index in [4.69, 9.17) is 4.43 Å². The fourth-order valence-corrected chi connectivity index (χ4v) is 6.85. The van der Waals surface area contributed by atoms with Crippen LogP contribution in [-0.2, 0) is 30.6 Å². The first-order chi connectivity index (χ1) is 18.5. The summed E-state index contributed by atoms with van der Waals surface area (Å²) in [5, 5.41) is 3.11. The normalized spacial score (nSPS) is 16.6. The maximum Gasteiger partial charge on any atom is 0.247 e. The minimum atomic E-state index is -3.76. The molecular formula is C30H45N3O5SSi. The molecule has 2 aromatic rings. The lowest BCUT2D eigenvalue weighted by atomic mass is 10.0. The van der Waals surface area contributed by atoms with Crippen molar-refractivity contribution >= 4 is 35.8 Å². The third kappa shape index (κ3) is 7.40. The van der Waals surface area contributed by atoms with Gasteiger partial charge >= 0.3 is 0 Å². The van der Waals surface area contributed by atoms with E-state index in [-0.39, 0.29) is 53.7 Å². The summed E-state index contributed by atoms with van der Waals surface area (Å²) in [4.78, 5) is 28.7. The summed E-state index contributed by atoms with van der Waals surface area (Å²) in [6.45, 7) is 17.3. The van der Waals surface area contributed by atoms with Crippen LogP contribution in [0.2, 0.25) is 18.1 Å². The topological polar surface area (TPSA) is 96.0 Å². The van der Waals surface area contributed by atoms with Crippen molar-refractivity contribution < 1.29 is 22.4 Å². The van der Waals surface area contributed by atoms with Crippen molar-refractivity contribution in [2.75, 3.05) is 25.0 Å². The highest BCUT2D eigenvalue weighted by Crippen LogP contribution is 2.37. The van der Waals surface area contributed by atoms with Crippen molar-refractivity contribution in [3.8, 4) is 0 Å². The van der Waals surface area contributed by atoms with E-state index in [0.29, 0.717) is 12.3 Å². The second-order valence-corrected chi connectivity index (χ2v) is 19.2.